The molecule has 1 heterocycles. The molecule has 5 heteroatoms. The second-order valence-electron chi connectivity index (χ2n) is 4.08. The Kier molecular flexibility index (Phi) is 4.28. The van der Waals surface area contributed by atoms with E-state index in [1.165, 1.54) is 4.88 Å². The first-order chi connectivity index (χ1) is 8.54. The number of thiazole rings is 1. The minimum atomic E-state index is 0.286. The highest BCUT2D eigenvalue weighted by atomic mass is 35.5. The lowest BCUT2D eigenvalue weighted by Gasteiger charge is -2.07. The van der Waals surface area contributed by atoms with Crippen molar-refractivity contribution < 1.29 is 0 Å². The summed E-state index contributed by atoms with van der Waals surface area (Å²) >= 11 is 13.9. The first-order valence-electron chi connectivity index (χ1n) is 5.63. The van der Waals surface area contributed by atoms with Crippen molar-refractivity contribution >= 4 is 34.5 Å². The van der Waals surface area contributed by atoms with Gasteiger partial charge in [0.15, 0.2) is 0 Å². The largest absolute Gasteiger partial charge is 0.312 e. The lowest BCUT2D eigenvalue weighted by molar-refractivity contribution is 0.658. The average Bonchev–Trinajstić information content (AvgIpc) is 2.73. The second-order valence-corrected chi connectivity index (χ2v) is 5.90. The fourth-order valence-corrected chi connectivity index (χ4v) is 3.33. The van der Waals surface area contributed by atoms with Crippen LogP contribution in [0.25, 0.3) is 10.6 Å². The Hall–Kier alpha value is -0.610. The number of nitrogens with zero attached hydrogens (tertiary/aromatic N) is 1. The number of benzene rings is 1. The van der Waals surface area contributed by atoms with E-state index in [0.29, 0.717) is 10.0 Å². The molecular formula is C13H14Cl2N2S. The van der Waals surface area contributed by atoms with Gasteiger partial charge in [-0.3, -0.25) is 0 Å². The standard InChI is InChI=1S/C13H14Cl2N2S/c1-7(16-3)12-8(2)17-13(18-12)9-5-4-6-10(14)11(9)15/h4-7,16H,1-3H3. The van der Waals surface area contributed by atoms with Crippen molar-refractivity contribution in [3.05, 3.63) is 38.8 Å². The first kappa shape index (κ1) is 13.8. The van der Waals surface area contributed by atoms with E-state index >= 15 is 0 Å². The molecule has 96 valence electrons. The van der Waals surface area contributed by atoms with Crippen LogP contribution in [0.1, 0.15) is 23.5 Å². The van der Waals surface area contributed by atoms with Crippen LogP contribution in [0.2, 0.25) is 10.0 Å². The van der Waals surface area contributed by atoms with Gasteiger partial charge in [-0.05, 0) is 27.0 Å². The van der Waals surface area contributed by atoms with E-state index in [0.717, 1.165) is 16.3 Å². The highest BCUT2D eigenvalue weighted by Crippen LogP contribution is 2.37. The topological polar surface area (TPSA) is 24.9 Å². The SMILES string of the molecule is CNC(C)c1sc(-c2cccc(Cl)c2Cl)nc1C. The van der Waals surface area contributed by atoms with Crippen LogP contribution in [0, 0.1) is 6.92 Å². The van der Waals surface area contributed by atoms with Gasteiger partial charge < -0.3 is 5.32 Å². The number of aromatic nitrogens is 1. The normalized spacial score (nSPS) is 12.7. The zero-order valence-electron chi connectivity index (χ0n) is 10.4. The Morgan fingerprint density at radius 2 is 2.06 bits per heavy atom. The van der Waals surface area contributed by atoms with Crippen LogP contribution in [0.3, 0.4) is 0 Å². The van der Waals surface area contributed by atoms with Gasteiger partial charge in [0.05, 0.1) is 15.7 Å². The van der Waals surface area contributed by atoms with Gasteiger partial charge in [0.2, 0.25) is 0 Å². The molecule has 0 aliphatic heterocycles. The van der Waals surface area contributed by atoms with Gasteiger partial charge >= 0.3 is 0 Å². The minimum Gasteiger partial charge on any atom is -0.312 e. The van der Waals surface area contributed by atoms with Gasteiger partial charge in [-0.25, -0.2) is 4.98 Å². The van der Waals surface area contributed by atoms with E-state index in [1.807, 2.05) is 26.1 Å². The fraction of sp³-hybridized carbons (Fsp3) is 0.308. The van der Waals surface area contributed by atoms with Crippen LogP contribution in [-0.2, 0) is 0 Å². The van der Waals surface area contributed by atoms with Crippen molar-refractivity contribution in [1.82, 2.24) is 10.3 Å². The maximum Gasteiger partial charge on any atom is 0.125 e. The zero-order valence-corrected chi connectivity index (χ0v) is 12.7. The average molecular weight is 301 g/mol. The van der Waals surface area contributed by atoms with Gasteiger partial charge in [-0.15, -0.1) is 11.3 Å². The van der Waals surface area contributed by atoms with Crippen molar-refractivity contribution in [1.29, 1.82) is 0 Å². The zero-order chi connectivity index (χ0) is 13.3. The van der Waals surface area contributed by atoms with Crippen LogP contribution < -0.4 is 5.32 Å². The molecule has 2 aromatic rings. The first-order valence-corrected chi connectivity index (χ1v) is 7.20. The highest BCUT2D eigenvalue weighted by Gasteiger charge is 2.16. The molecule has 1 atom stereocenters. The van der Waals surface area contributed by atoms with Crippen molar-refractivity contribution in [3.8, 4) is 10.6 Å². The number of halogens is 2. The summed E-state index contributed by atoms with van der Waals surface area (Å²) < 4.78 is 0. The van der Waals surface area contributed by atoms with Crippen LogP contribution in [0.15, 0.2) is 18.2 Å². The summed E-state index contributed by atoms with van der Waals surface area (Å²) in [6, 6.07) is 5.90. The predicted molar refractivity (Wildman–Crippen MR) is 79.8 cm³/mol. The van der Waals surface area contributed by atoms with Gasteiger partial charge in [-0.1, -0.05) is 35.3 Å². The quantitative estimate of drug-likeness (QED) is 0.888. The maximum atomic E-state index is 6.22. The molecule has 1 unspecified atom stereocenters. The van der Waals surface area contributed by atoms with Gasteiger partial charge in [-0.2, -0.15) is 0 Å². The van der Waals surface area contributed by atoms with Crippen molar-refractivity contribution in [3.63, 3.8) is 0 Å². The molecule has 0 amide bonds. The summed E-state index contributed by atoms with van der Waals surface area (Å²) in [5, 5.41) is 5.26. The molecule has 0 saturated carbocycles. The molecular weight excluding hydrogens is 287 g/mol. The molecule has 2 nitrogen and oxygen atoms in total. The summed E-state index contributed by atoms with van der Waals surface area (Å²) in [7, 11) is 1.94. The number of hydrogen-bond acceptors (Lipinski definition) is 3. The molecule has 0 fully saturated rings. The van der Waals surface area contributed by atoms with Crippen LogP contribution >= 0.6 is 34.5 Å². The predicted octanol–water partition coefficient (Wildman–Crippen LogP) is 4.71. The molecule has 1 aromatic heterocycles. The highest BCUT2D eigenvalue weighted by molar-refractivity contribution is 7.15. The number of aryl methyl sites for hydroxylation is 1. The van der Waals surface area contributed by atoms with Crippen molar-refractivity contribution in [2.24, 2.45) is 0 Å². The molecule has 0 saturated heterocycles. The third-order valence-electron chi connectivity index (χ3n) is 2.84. The molecule has 0 bridgehead atoms. The van der Waals surface area contributed by atoms with E-state index in [9.17, 15) is 0 Å². The molecule has 2 rings (SSSR count). The number of rotatable bonds is 3. The molecule has 1 aromatic carbocycles. The van der Waals surface area contributed by atoms with E-state index in [4.69, 9.17) is 23.2 Å². The molecule has 1 N–H and O–H groups in total. The van der Waals surface area contributed by atoms with Crippen molar-refractivity contribution in [2.75, 3.05) is 7.05 Å². The van der Waals surface area contributed by atoms with E-state index in [-0.39, 0.29) is 6.04 Å². The lowest BCUT2D eigenvalue weighted by atomic mass is 10.2. The lowest BCUT2D eigenvalue weighted by Crippen LogP contribution is -2.11. The maximum absolute atomic E-state index is 6.22. The summed E-state index contributed by atoms with van der Waals surface area (Å²) in [4.78, 5) is 5.81. The summed E-state index contributed by atoms with van der Waals surface area (Å²) in [6.45, 7) is 4.13. The second kappa shape index (κ2) is 5.57. The molecule has 18 heavy (non-hydrogen) atoms. The molecule has 0 aliphatic carbocycles. The smallest absolute Gasteiger partial charge is 0.125 e. The van der Waals surface area contributed by atoms with E-state index < -0.39 is 0 Å². The van der Waals surface area contributed by atoms with Crippen LogP contribution in [0.4, 0.5) is 0 Å². The monoisotopic (exact) mass is 300 g/mol. The van der Waals surface area contributed by atoms with Crippen LogP contribution in [-0.4, -0.2) is 12.0 Å². The fourth-order valence-electron chi connectivity index (χ4n) is 1.73. The molecule has 0 radical (unpaired) electrons. The number of hydrogen-bond donors (Lipinski definition) is 1. The van der Waals surface area contributed by atoms with Gasteiger partial charge in [0.1, 0.15) is 5.01 Å². The Morgan fingerprint density at radius 1 is 1.33 bits per heavy atom. The summed E-state index contributed by atoms with van der Waals surface area (Å²) in [6.07, 6.45) is 0. The molecule has 0 spiro atoms. The molecule has 0 aliphatic rings. The summed E-state index contributed by atoms with van der Waals surface area (Å²) in [5.41, 5.74) is 1.93. The van der Waals surface area contributed by atoms with Gasteiger partial charge in [0.25, 0.3) is 0 Å². The van der Waals surface area contributed by atoms with Gasteiger partial charge in [0, 0.05) is 16.5 Å². The summed E-state index contributed by atoms with van der Waals surface area (Å²) in [5.74, 6) is 0. The third-order valence-corrected chi connectivity index (χ3v) is 5.03. The Balaban J connectivity index is 2.49. The minimum absolute atomic E-state index is 0.286. The Bertz CT molecular complexity index is 566. The third kappa shape index (κ3) is 2.54. The Morgan fingerprint density at radius 3 is 2.72 bits per heavy atom. The van der Waals surface area contributed by atoms with Crippen LogP contribution in [0.5, 0.6) is 0 Å². The number of nitrogens with one attached hydrogen (secondary N) is 1. The van der Waals surface area contributed by atoms with E-state index in [1.54, 1.807) is 17.4 Å². The van der Waals surface area contributed by atoms with Crippen molar-refractivity contribution in [2.45, 2.75) is 19.9 Å². The Labute approximate surface area is 121 Å². The van der Waals surface area contributed by atoms with E-state index in [2.05, 4.69) is 17.2 Å².